The number of amides is 1. The van der Waals surface area contributed by atoms with Crippen molar-refractivity contribution in [2.75, 3.05) is 5.75 Å². The summed E-state index contributed by atoms with van der Waals surface area (Å²) in [5.74, 6) is 1.50. The molecule has 2 fully saturated rings. The quantitative estimate of drug-likeness (QED) is 0.586. The number of hydrogen-bond acceptors (Lipinski definition) is 2. The lowest BCUT2D eigenvalue weighted by molar-refractivity contribution is -0.143. The fraction of sp³-hybridized carbons (Fsp3) is 0.875. The van der Waals surface area contributed by atoms with Crippen molar-refractivity contribution < 1.29 is 4.79 Å². The molecule has 2 unspecified atom stereocenters. The first-order valence-electron chi connectivity index (χ1n) is 4.25. The van der Waals surface area contributed by atoms with Crippen LogP contribution in [0.3, 0.4) is 0 Å². The molecule has 0 bridgehead atoms. The van der Waals surface area contributed by atoms with Crippen molar-refractivity contribution in [1.29, 1.82) is 0 Å². The van der Waals surface area contributed by atoms with Gasteiger partial charge in [0.25, 0.3) is 0 Å². The zero-order chi connectivity index (χ0) is 7.84. The van der Waals surface area contributed by atoms with Gasteiger partial charge in [0.2, 0.25) is 5.91 Å². The fourth-order valence-electron chi connectivity index (χ4n) is 1.96. The lowest BCUT2D eigenvalue weighted by Crippen LogP contribution is -2.51. The van der Waals surface area contributed by atoms with E-state index in [0.717, 1.165) is 12.2 Å². The van der Waals surface area contributed by atoms with Crippen LogP contribution in [0.4, 0.5) is 0 Å². The normalized spacial score (nSPS) is 35.4. The Bertz CT molecular complexity index is 181. The Hall–Kier alpha value is -0.180. The molecule has 2 nitrogen and oxygen atoms in total. The second-order valence-electron chi connectivity index (χ2n) is 3.15. The molecule has 2 rings (SSSR count). The van der Waals surface area contributed by atoms with Gasteiger partial charge in [-0.2, -0.15) is 0 Å². The van der Waals surface area contributed by atoms with Crippen molar-refractivity contribution in [3.05, 3.63) is 0 Å². The first-order valence-corrected chi connectivity index (χ1v) is 5.30. The molecule has 0 N–H and O–H groups in total. The Morgan fingerprint density at radius 3 is 3.09 bits per heavy atom. The highest BCUT2D eigenvalue weighted by atomic mass is 32.2. The van der Waals surface area contributed by atoms with E-state index in [9.17, 15) is 4.79 Å². The van der Waals surface area contributed by atoms with E-state index in [-0.39, 0.29) is 0 Å². The SMILES string of the molecule is CCSC1CCC2CC(=O)N21. The molecule has 0 saturated carbocycles. The van der Waals surface area contributed by atoms with Gasteiger partial charge in [-0.25, -0.2) is 0 Å². The third kappa shape index (κ3) is 1.06. The van der Waals surface area contributed by atoms with Crippen LogP contribution in [0.1, 0.15) is 26.2 Å². The summed E-state index contributed by atoms with van der Waals surface area (Å²) in [6.07, 6.45) is 3.28. The van der Waals surface area contributed by atoms with E-state index in [1.54, 1.807) is 0 Å². The number of β-lactam (4-membered cyclic amide) rings is 1. The molecular weight excluding hydrogens is 158 g/mol. The predicted octanol–water partition coefficient (Wildman–Crippen LogP) is 1.46. The maximum atomic E-state index is 11.1. The highest BCUT2D eigenvalue weighted by molar-refractivity contribution is 7.99. The zero-order valence-corrected chi connectivity index (χ0v) is 7.56. The Balaban J connectivity index is 1.97. The average molecular weight is 171 g/mol. The van der Waals surface area contributed by atoms with Gasteiger partial charge in [-0.1, -0.05) is 6.92 Å². The van der Waals surface area contributed by atoms with Crippen LogP contribution in [-0.2, 0) is 4.79 Å². The lowest BCUT2D eigenvalue weighted by atomic mass is 10.0. The van der Waals surface area contributed by atoms with Crippen LogP contribution in [0, 0.1) is 0 Å². The maximum absolute atomic E-state index is 11.1. The number of fused-ring (bicyclic) bond motifs is 1. The number of hydrogen-bond donors (Lipinski definition) is 0. The van der Waals surface area contributed by atoms with Crippen LogP contribution in [0.15, 0.2) is 0 Å². The first kappa shape index (κ1) is 7.47. The standard InChI is InChI=1S/C8H13NOS/c1-2-11-8-4-3-6-5-7(10)9(6)8/h6,8H,2-5H2,1H3. The van der Waals surface area contributed by atoms with Gasteiger partial charge in [0.1, 0.15) is 0 Å². The van der Waals surface area contributed by atoms with Gasteiger partial charge in [-0.05, 0) is 18.6 Å². The molecule has 11 heavy (non-hydrogen) atoms. The number of carbonyl (C=O) groups excluding carboxylic acids is 1. The Morgan fingerprint density at radius 2 is 2.45 bits per heavy atom. The largest absolute Gasteiger partial charge is 0.327 e. The molecule has 62 valence electrons. The molecule has 0 aromatic heterocycles. The summed E-state index contributed by atoms with van der Waals surface area (Å²) in [5, 5.41) is 0.520. The van der Waals surface area contributed by atoms with Gasteiger partial charge >= 0.3 is 0 Å². The van der Waals surface area contributed by atoms with Crippen molar-refractivity contribution in [1.82, 2.24) is 4.90 Å². The molecule has 0 aliphatic carbocycles. The zero-order valence-electron chi connectivity index (χ0n) is 6.75. The van der Waals surface area contributed by atoms with Gasteiger partial charge in [0, 0.05) is 12.5 Å². The van der Waals surface area contributed by atoms with Crippen molar-refractivity contribution in [3.8, 4) is 0 Å². The summed E-state index contributed by atoms with van der Waals surface area (Å²) in [4.78, 5) is 13.2. The molecule has 3 heteroatoms. The predicted molar refractivity (Wildman–Crippen MR) is 46.4 cm³/mol. The molecule has 2 atom stereocenters. The van der Waals surface area contributed by atoms with Crippen molar-refractivity contribution in [2.24, 2.45) is 0 Å². The summed E-state index contributed by atoms with van der Waals surface area (Å²) < 4.78 is 0. The van der Waals surface area contributed by atoms with Crippen LogP contribution < -0.4 is 0 Å². The van der Waals surface area contributed by atoms with E-state index in [0.29, 0.717) is 17.3 Å². The minimum Gasteiger partial charge on any atom is -0.327 e. The fourth-order valence-corrected chi connectivity index (χ4v) is 3.10. The van der Waals surface area contributed by atoms with Crippen molar-refractivity contribution in [3.63, 3.8) is 0 Å². The summed E-state index contributed by atoms with van der Waals surface area (Å²) in [6, 6.07) is 0.617. The summed E-state index contributed by atoms with van der Waals surface area (Å²) in [6.45, 7) is 2.16. The van der Waals surface area contributed by atoms with E-state index in [1.807, 2.05) is 11.8 Å². The third-order valence-electron chi connectivity index (χ3n) is 2.51. The van der Waals surface area contributed by atoms with Gasteiger partial charge < -0.3 is 4.90 Å². The summed E-state index contributed by atoms with van der Waals surface area (Å²) >= 11 is 1.91. The number of rotatable bonds is 2. The Morgan fingerprint density at radius 1 is 1.64 bits per heavy atom. The molecule has 0 aromatic carbocycles. The highest BCUT2D eigenvalue weighted by Crippen LogP contribution is 2.39. The Kier molecular flexibility index (Phi) is 1.83. The molecule has 2 aliphatic rings. The monoisotopic (exact) mass is 171 g/mol. The minimum atomic E-state index is 0.374. The highest BCUT2D eigenvalue weighted by Gasteiger charge is 2.45. The molecule has 1 amide bonds. The van der Waals surface area contributed by atoms with Crippen molar-refractivity contribution in [2.45, 2.75) is 37.6 Å². The lowest BCUT2D eigenvalue weighted by Gasteiger charge is -2.38. The van der Waals surface area contributed by atoms with Gasteiger partial charge in [-0.15, -0.1) is 11.8 Å². The van der Waals surface area contributed by atoms with Crippen molar-refractivity contribution >= 4 is 17.7 Å². The van der Waals surface area contributed by atoms with Crippen LogP contribution in [-0.4, -0.2) is 28.0 Å². The number of thioether (sulfide) groups is 1. The number of nitrogens with zero attached hydrogens (tertiary/aromatic N) is 1. The second kappa shape index (κ2) is 2.70. The van der Waals surface area contributed by atoms with E-state index in [2.05, 4.69) is 11.8 Å². The topological polar surface area (TPSA) is 20.3 Å². The van der Waals surface area contributed by atoms with E-state index >= 15 is 0 Å². The third-order valence-corrected chi connectivity index (χ3v) is 3.69. The molecule has 0 spiro atoms. The average Bonchev–Trinajstić information content (AvgIpc) is 2.26. The minimum absolute atomic E-state index is 0.374. The second-order valence-corrected chi connectivity index (χ2v) is 4.60. The van der Waals surface area contributed by atoms with E-state index in [4.69, 9.17) is 0 Å². The van der Waals surface area contributed by atoms with Crippen LogP contribution >= 0.6 is 11.8 Å². The smallest absolute Gasteiger partial charge is 0.225 e. The number of carbonyl (C=O) groups is 1. The van der Waals surface area contributed by atoms with E-state index in [1.165, 1.54) is 12.8 Å². The first-order chi connectivity index (χ1) is 5.33. The summed E-state index contributed by atoms with van der Waals surface area (Å²) in [5.41, 5.74) is 0. The summed E-state index contributed by atoms with van der Waals surface area (Å²) in [7, 11) is 0. The molecular formula is C8H13NOS. The molecule has 0 aromatic rings. The Labute approximate surface area is 71.3 Å². The van der Waals surface area contributed by atoms with Crippen LogP contribution in [0.5, 0.6) is 0 Å². The maximum Gasteiger partial charge on any atom is 0.225 e. The molecule has 2 heterocycles. The van der Waals surface area contributed by atoms with Gasteiger partial charge in [0.05, 0.1) is 5.37 Å². The molecule has 2 aliphatic heterocycles. The van der Waals surface area contributed by atoms with Crippen LogP contribution in [0.2, 0.25) is 0 Å². The molecule has 2 saturated heterocycles. The molecule has 0 radical (unpaired) electrons. The van der Waals surface area contributed by atoms with Gasteiger partial charge in [0.15, 0.2) is 0 Å². The van der Waals surface area contributed by atoms with Gasteiger partial charge in [-0.3, -0.25) is 4.79 Å². The van der Waals surface area contributed by atoms with E-state index < -0.39 is 0 Å². The van der Waals surface area contributed by atoms with Crippen LogP contribution in [0.25, 0.3) is 0 Å².